The Kier molecular flexibility index (Phi) is 8.11. The first-order valence-electron chi connectivity index (χ1n) is 15.1. The van der Waals surface area contributed by atoms with E-state index in [0.717, 1.165) is 73.9 Å². The van der Waals surface area contributed by atoms with Gasteiger partial charge in [0.15, 0.2) is 0 Å². The van der Waals surface area contributed by atoms with Crippen LogP contribution in [0.5, 0.6) is 5.88 Å². The SMILES string of the molecule is Cc1c(N2CCc3cnc(Nc4ccc(CN5CCN(C)CC5)cc4)nc3C2)cnc2c1N(C(=O)OC(C)(C)C)CCO2. The number of nitrogens with one attached hydrogen (secondary N) is 1. The molecule has 3 aliphatic heterocycles. The van der Waals surface area contributed by atoms with Crippen LogP contribution in [-0.4, -0.2) is 89.4 Å². The van der Waals surface area contributed by atoms with Crippen molar-refractivity contribution in [2.24, 2.45) is 0 Å². The van der Waals surface area contributed by atoms with E-state index in [2.05, 4.69) is 61.3 Å². The quantitative estimate of drug-likeness (QED) is 0.464. The highest BCUT2D eigenvalue weighted by atomic mass is 16.6. The molecule has 1 fully saturated rings. The van der Waals surface area contributed by atoms with E-state index in [-0.39, 0.29) is 6.09 Å². The summed E-state index contributed by atoms with van der Waals surface area (Å²) >= 11 is 0. The Morgan fingerprint density at radius 2 is 1.79 bits per heavy atom. The second-order valence-electron chi connectivity index (χ2n) is 12.6. The van der Waals surface area contributed by atoms with Crippen molar-refractivity contribution in [2.75, 3.05) is 68.0 Å². The molecule has 228 valence electrons. The molecule has 1 N–H and O–H groups in total. The number of fused-ring (bicyclic) bond motifs is 2. The zero-order valence-electron chi connectivity index (χ0n) is 25.9. The summed E-state index contributed by atoms with van der Waals surface area (Å²) in [5.41, 5.74) is 6.36. The van der Waals surface area contributed by atoms with E-state index >= 15 is 0 Å². The first-order valence-corrected chi connectivity index (χ1v) is 15.1. The topological polar surface area (TPSA) is 99.2 Å². The second kappa shape index (κ2) is 12.0. The standard InChI is InChI=1S/C32H42N8O3/c1-22-27(19-33-29-28(22)40(16-17-42-29)31(41)43-32(2,3)4)39-11-10-24-18-34-30(36-26(24)21-39)35-25-8-6-23(7-9-25)20-38-14-12-37(5)13-15-38/h6-9,18-19H,10-17,20-21H2,1-5H3,(H,34,35,36). The van der Waals surface area contributed by atoms with E-state index in [0.29, 0.717) is 37.2 Å². The van der Waals surface area contributed by atoms with Crippen molar-refractivity contribution in [3.8, 4) is 5.88 Å². The summed E-state index contributed by atoms with van der Waals surface area (Å²) in [6.07, 6.45) is 4.19. The maximum atomic E-state index is 13.1. The summed E-state index contributed by atoms with van der Waals surface area (Å²) in [4.78, 5) is 36.0. The summed E-state index contributed by atoms with van der Waals surface area (Å²) < 4.78 is 11.5. The lowest BCUT2D eigenvalue weighted by Gasteiger charge is -2.35. The van der Waals surface area contributed by atoms with E-state index in [1.54, 1.807) is 4.90 Å². The third-order valence-corrected chi connectivity index (χ3v) is 8.18. The molecule has 11 nitrogen and oxygen atoms in total. The van der Waals surface area contributed by atoms with Gasteiger partial charge in [0.2, 0.25) is 11.8 Å². The summed E-state index contributed by atoms with van der Waals surface area (Å²) in [5.74, 6) is 1.04. The number of likely N-dealkylation sites (N-methyl/N-ethyl adjacent to an activating group) is 1. The van der Waals surface area contributed by atoms with Crippen LogP contribution in [0.25, 0.3) is 0 Å². The number of aromatic nitrogens is 3. The van der Waals surface area contributed by atoms with Gasteiger partial charge in [0.05, 0.1) is 30.7 Å². The maximum Gasteiger partial charge on any atom is 0.415 e. The first kappa shape index (κ1) is 29.1. The number of benzene rings is 1. The zero-order chi connectivity index (χ0) is 30.1. The van der Waals surface area contributed by atoms with Crippen LogP contribution in [0.3, 0.4) is 0 Å². The Labute approximate surface area is 253 Å². The van der Waals surface area contributed by atoms with Gasteiger partial charge in [-0.25, -0.2) is 19.7 Å². The number of ether oxygens (including phenoxy) is 2. The van der Waals surface area contributed by atoms with Crippen molar-refractivity contribution in [3.63, 3.8) is 0 Å². The summed E-state index contributed by atoms with van der Waals surface area (Å²) in [7, 11) is 2.18. The number of anilines is 4. The Bertz CT molecular complexity index is 1460. The smallest absolute Gasteiger partial charge is 0.415 e. The second-order valence-corrected chi connectivity index (χ2v) is 12.6. The van der Waals surface area contributed by atoms with Gasteiger partial charge in [0, 0.05) is 56.7 Å². The van der Waals surface area contributed by atoms with Crippen molar-refractivity contribution in [3.05, 3.63) is 59.0 Å². The van der Waals surface area contributed by atoms with Crippen LogP contribution in [0, 0.1) is 6.92 Å². The number of hydrogen-bond donors (Lipinski definition) is 1. The first-order chi connectivity index (χ1) is 20.6. The van der Waals surface area contributed by atoms with E-state index in [9.17, 15) is 4.79 Å². The molecule has 3 aromatic rings. The van der Waals surface area contributed by atoms with Crippen molar-refractivity contribution in [1.29, 1.82) is 0 Å². The molecule has 6 rings (SSSR count). The number of rotatable bonds is 5. The van der Waals surface area contributed by atoms with Gasteiger partial charge in [0.1, 0.15) is 17.9 Å². The minimum absolute atomic E-state index is 0.376. The van der Waals surface area contributed by atoms with Crippen LogP contribution in [0.2, 0.25) is 0 Å². The van der Waals surface area contributed by atoms with E-state index in [1.165, 1.54) is 5.56 Å². The number of carbonyl (C=O) groups is 1. The minimum atomic E-state index is -0.594. The summed E-state index contributed by atoms with van der Waals surface area (Å²) in [6.45, 7) is 15.2. The Morgan fingerprint density at radius 1 is 1.02 bits per heavy atom. The van der Waals surface area contributed by atoms with Crippen molar-refractivity contribution < 1.29 is 14.3 Å². The Morgan fingerprint density at radius 3 is 2.53 bits per heavy atom. The van der Waals surface area contributed by atoms with Crippen molar-refractivity contribution >= 4 is 29.1 Å². The summed E-state index contributed by atoms with van der Waals surface area (Å²) in [5, 5.41) is 3.39. The fourth-order valence-corrected chi connectivity index (χ4v) is 5.80. The molecule has 1 aromatic carbocycles. The fraction of sp³-hybridized carbons (Fsp3) is 0.500. The number of pyridine rings is 1. The maximum absolute atomic E-state index is 13.1. The van der Waals surface area contributed by atoms with Gasteiger partial charge in [-0.2, -0.15) is 0 Å². The normalized spacial score (nSPS) is 17.6. The minimum Gasteiger partial charge on any atom is -0.474 e. The van der Waals surface area contributed by atoms with Crippen LogP contribution >= 0.6 is 0 Å². The average Bonchev–Trinajstić information content (AvgIpc) is 2.98. The molecule has 0 spiro atoms. The van der Waals surface area contributed by atoms with Gasteiger partial charge >= 0.3 is 6.09 Å². The number of piperazine rings is 1. The highest BCUT2D eigenvalue weighted by Gasteiger charge is 2.32. The third kappa shape index (κ3) is 6.67. The predicted octanol–water partition coefficient (Wildman–Crippen LogP) is 4.37. The molecule has 0 unspecified atom stereocenters. The highest BCUT2D eigenvalue weighted by Crippen LogP contribution is 2.39. The van der Waals surface area contributed by atoms with Gasteiger partial charge in [0.25, 0.3) is 0 Å². The zero-order valence-corrected chi connectivity index (χ0v) is 25.9. The molecule has 0 atom stereocenters. The van der Waals surface area contributed by atoms with E-state index in [4.69, 9.17) is 14.5 Å². The number of nitrogens with zero attached hydrogens (tertiary/aromatic N) is 7. The van der Waals surface area contributed by atoms with Crippen LogP contribution in [-0.2, 0) is 24.2 Å². The molecule has 0 bridgehead atoms. The van der Waals surface area contributed by atoms with Gasteiger partial charge in [-0.05, 0) is 64.4 Å². The monoisotopic (exact) mass is 586 g/mol. The lowest BCUT2D eigenvalue weighted by atomic mass is 10.0. The third-order valence-electron chi connectivity index (χ3n) is 8.18. The summed E-state index contributed by atoms with van der Waals surface area (Å²) in [6, 6.07) is 8.55. The molecule has 11 heteroatoms. The molecule has 1 amide bonds. The molecule has 0 saturated carbocycles. The molecule has 43 heavy (non-hydrogen) atoms. The molecule has 3 aliphatic rings. The number of carbonyl (C=O) groups excluding carboxylic acids is 1. The Balaban J connectivity index is 1.15. The molecular weight excluding hydrogens is 544 g/mol. The molecule has 1 saturated heterocycles. The van der Waals surface area contributed by atoms with Crippen LogP contribution in [0.4, 0.5) is 27.8 Å². The van der Waals surface area contributed by atoms with Crippen molar-refractivity contribution in [2.45, 2.75) is 52.8 Å². The number of hydrogen-bond acceptors (Lipinski definition) is 10. The number of amides is 1. The molecule has 5 heterocycles. The lowest BCUT2D eigenvalue weighted by Crippen LogP contribution is -2.43. The molecule has 2 aromatic heterocycles. The fourth-order valence-electron chi connectivity index (χ4n) is 5.80. The lowest BCUT2D eigenvalue weighted by molar-refractivity contribution is 0.0566. The largest absolute Gasteiger partial charge is 0.474 e. The van der Waals surface area contributed by atoms with Gasteiger partial charge in [-0.3, -0.25) is 9.80 Å². The highest BCUT2D eigenvalue weighted by molar-refractivity contribution is 5.92. The van der Waals surface area contributed by atoms with Crippen LogP contribution in [0.1, 0.15) is 43.2 Å². The Hall–Kier alpha value is -3.96. The van der Waals surface area contributed by atoms with Gasteiger partial charge in [-0.1, -0.05) is 12.1 Å². The van der Waals surface area contributed by atoms with E-state index in [1.807, 2.05) is 40.1 Å². The predicted molar refractivity (Wildman–Crippen MR) is 167 cm³/mol. The van der Waals surface area contributed by atoms with Gasteiger partial charge < -0.3 is 24.6 Å². The molecule has 0 radical (unpaired) electrons. The van der Waals surface area contributed by atoms with Crippen LogP contribution < -0.4 is 19.9 Å². The van der Waals surface area contributed by atoms with Gasteiger partial charge in [-0.15, -0.1) is 0 Å². The average molecular weight is 587 g/mol. The van der Waals surface area contributed by atoms with Crippen molar-refractivity contribution in [1.82, 2.24) is 24.8 Å². The van der Waals surface area contributed by atoms with E-state index < -0.39 is 5.60 Å². The molecule has 0 aliphatic carbocycles. The molecular formula is C32H42N8O3. The van der Waals surface area contributed by atoms with Crippen LogP contribution in [0.15, 0.2) is 36.7 Å².